The molecule has 0 saturated heterocycles. The average molecular weight is 341 g/mol. The Balaban J connectivity index is 1.79. The van der Waals surface area contributed by atoms with Gasteiger partial charge in [0.25, 0.3) is 0 Å². The molecule has 2 aromatic carbocycles. The van der Waals surface area contributed by atoms with Crippen LogP contribution in [0.5, 0.6) is 0 Å². The first-order valence-electron chi connectivity index (χ1n) is 7.20. The maximum Gasteiger partial charge on any atom is 0.193 e. The molecule has 2 heterocycles. The summed E-state index contributed by atoms with van der Waals surface area (Å²) in [6, 6.07) is 15.9. The molecule has 0 bridgehead atoms. The van der Waals surface area contributed by atoms with E-state index < -0.39 is 0 Å². The quantitative estimate of drug-likeness (QED) is 0.514. The zero-order valence-corrected chi connectivity index (χ0v) is 14.0. The number of thioether (sulfide) groups is 1. The molecule has 0 spiro atoms. The lowest BCUT2D eigenvalue weighted by atomic mass is 10.2. The van der Waals surface area contributed by atoms with E-state index in [9.17, 15) is 0 Å². The summed E-state index contributed by atoms with van der Waals surface area (Å²) in [6.45, 7) is 1.96. The van der Waals surface area contributed by atoms with Crippen molar-refractivity contribution in [2.75, 3.05) is 0 Å². The maximum absolute atomic E-state index is 6.05. The van der Waals surface area contributed by atoms with Crippen LogP contribution < -0.4 is 0 Å². The van der Waals surface area contributed by atoms with Crippen LogP contribution in [0.25, 0.3) is 16.7 Å². The van der Waals surface area contributed by atoms with E-state index in [0.29, 0.717) is 0 Å². The first kappa shape index (κ1) is 14.5. The van der Waals surface area contributed by atoms with Gasteiger partial charge < -0.3 is 0 Å². The third-order valence-corrected chi connectivity index (χ3v) is 4.89. The largest absolute Gasteiger partial charge is 0.275 e. The van der Waals surface area contributed by atoms with Gasteiger partial charge in [0.15, 0.2) is 5.65 Å². The monoisotopic (exact) mass is 340 g/mol. The topological polar surface area (TPSA) is 43.1 Å². The fraction of sp³-hybridized carbons (Fsp3) is 0.118. The number of aromatic nitrogens is 4. The predicted molar refractivity (Wildman–Crippen MR) is 94.0 cm³/mol. The predicted octanol–water partition coefficient (Wildman–Crippen LogP) is 4.53. The van der Waals surface area contributed by atoms with Crippen LogP contribution in [-0.2, 0) is 5.75 Å². The average Bonchev–Trinajstić information content (AvgIpc) is 2.95. The van der Waals surface area contributed by atoms with E-state index in [2.05, 4.69) is 20.7 Å². The molecule has 4 rings (SSSR count). The van der Waals surface area contributed by atoms with Crippen LogP contribution in [0.2, 0.25) is 5.02 Å². The number of aryl methyl sites for hydroxylation is 1. The molecule has 0 fully saturated rings. The first-order valence-corrected chi connectivity index (χ1v) is 8.56. The van der Waals surface area contributed by atoms with Crippen molar-refractivity contribution in [3.05, 3.63) is 64.9 Å². The standard InChI is InChI=1S/C17H13ClN4S/c1-11-20-21-16-17(23-10-12-5-4-6-13(18)9-12)19-14-7-2-3-8-15(14)22(11)16/h2-9H,10H2,1H3. The van der Waals surface area contributed by atoms with E-state index in [1.165, 1.54) is 0 Å². The Hall–Kier alpha value is -2.11. The lowest BCUT2D eigenvalue weighted by Gasteiger charge is -2.07. The van der Waals surface area contributed by atoms with Crippen LogP contribution in [0.15, 0.2) is 53.6 Å². The lowest BCUT2D eigenvalue weighted by Crippen LogP contribution is -1.96. The zero-order chi connectivity index (χ0) is 15.8. The minimum absolute atomic E-state index is 0.748. The van der Waals surface area contributed by atoms with E-state index in [1.54, 1.807) is 11.8 Å². The van der Waals surface area contributed by atoms with Gasteiger partial charge in [-0.05, 0) is 36.8 Å². The number of halogens is 1. The fourth-order valence-electron chi connectivity index (χ4n) is 2.57. The highest BCUT2D eigenvalue weighted by Gasteiger charge is 2.13. The summed E-state index contributed by atoms with van der Waals surface area (Å²) in [7, 11) is 0. The van der Waals surface area contributed by atoms with Crippen molar-refractivity contribution in [2.24, 2.45) is 0 Å². The van der Waals surface area contributed by atoms with E-state index in [0.717, 1.165) is 43.9 Å². The number of nitrogens with zero attached hydrogens (tertiary/aromatic N) is 4. The van der Waals surface area contributed by atoms with Gasteiger partial charge >= 0.3 is 0 Å². The van der Waals surface area contributed by atoms with Gasteiger partial charge in [-0.1, -0.05) is 47.6 Å². The molecule has 0 saturated carbocycles. The summed E-state index contributed by atoms with van der Waals surface area (Å²) in [6.07, 6.45) is 0. The highest BCUT2D eigenvalue weighted by Crippen LogP contribution is 2.28. The van der Waals surface area contributed by atoms with Gasteiger partial charge in [-0.3, -0.25) is 4.40 Å². The van der Waals surface area contributed by atoms with Gasteiger partial charge in [-0.2, -0.15) is 0 Å². The molecular formula is C17H13ClN4S. The van der Waals surface area contributed by atoms with Gasteiger partial charge in [-0.25, -0.2) is 4.98 Å². The Kier molecular flexibility index (Phi) is 3.67. The number of fused-ring (bicyclic) bond motifs is 3. The molecular weight excluding hydrogens is 328 g/mol. The second kappa shape index (κ2) is 5.83. The second-order valence-electron chi connectivity index (χ2n) is 5.23. The van der Waals surface area contributed by atoms with E-state index >= 15 is 0 Å². The van der Waals surface area contributed by atoms with Crippen LogP contribution in [0, 0.1) is 6.92 Å². The SMILES string of the molecule is Cc1nnc2c(SCc3cccc(Cl)c3)nc3ccccc3n12. The van der Waals surface area contributed by atoms with Crippen molar-refractivity contribution < 1.29 is 0 Å². The van der Waals surface area contributed by atoms with Crippen LogP contribution in [-0.4, -0.2) is 19.6 Å². The normalized spacial score (nSPS) is 11.4. The Morgan fingerprint density at radius 1 is 1.09 bits per heavy atom. The third kappa shape index (κ3) is 2.66. The highest BCUT2D eigenvalue weighted by molar-refractivity contribution is 7.98. The Labute approximate surface area is 142 Å². The lowest BCUT2D eigenvalue weighted by molar-refractivity contribution is 1.02. The van der Waals surface area contributed by atoms with Crippen molar-refractivity contribution in [3.8, 4) is 0 Å². The number of hydrogen-bond donors (Lipinski definition) is 0. The van der Waals surface area contributed by atoms with Gasteiger partial charge in [0, 0.05) is 10.8 Å². The van der Waals surface area contributed by atoms with Gasteiger partial charge in [0.2, 0.25) is 0 Å². The molecule has 0 aliphatic rings. The van der Waals surface area contributed by atoms with Crippen molar-refractivity contribution in [3.63, 3.8) is 0 Å². The summed E-state index contributed by atoms with van der Waals surface area (Å²) >= 11 is 7.70. The molecule has 0 aliphatic heterocycles. The van der Waals surface area contributed by atoms with Gasteiger partial charge in [0.1, 0.15) is 10.9 Å². The Bertz CT molecular complexity index is 1010. The van der Waals surface area contributed by atoms with Gasteiger partial charge in [-0.15, -0.1) is 10.2 Å². The molecule has 2 aromatic heterocycles. The maximum atomic E-state index is 6.05. The Morgan fingerprint density at radius 2 is 1.96 bits per heavy atom. The van der Waals surface area contributed by atoms with Crippen LogP contribution in [0.3, 0.4) is 0 Å². The van der Waals surface area contributed by atoms with Crippen molar-refractivity contribution in [2.45, 2.75) is 17.7 Å². The van der Waals surface area contributed by atoms with E-state index in [1.807, 2.05) is 49.4 Å². The molecule has 0 aliphatic carbocycles. The fourth-order valence-corrected chi connectivity index (χ4v) is 3.69. The minimum Gasteiger partial charge on any atom is -0.275 e. The van der Waals surface area contributed by atoms with Crippen LogP contribution in [0.4, 0.5) is 0 Å². The molecule has 114 valence electrons. The van der Waals surface area contributed by atoms with Crippen molar-refractivity contribution in [1.82, 2.24) is 19.6 Å². The minimum atomic E-state index is 0.748. The molecule has 0 radical (unpaired) electrons. The summed E-state index contributed by atoms with van der Waals surface area (Å²) in [5, 5.41) is 10.1. The molecule has 0 atom stereocenters. The molecule has 23 heavy (non-hydrogen) atoms. The molecule has 6 heteroatoms. The summed E-state index contributed by atoms with van der Waals surface area (Å²) in [4.78, 5) is 4.76. The number of rotatable bonds is 3. The van der Waals surface area contributed by atoms with Crippen molar-refractivity contribution in [1.29, 1.82) is 0 Å². The number of hydrogen-bond acceptors (Lipinski definition) is 4. The molecule has 4 aromatic rings. The number of benzene rings is 2. The van der Waals surface area contributed by atoms with Crippen LogP contribution in [0.1, 0.15) is 11.4 Å². The Morgan fingerprint density at radius 3 is 2.83 bits per heavy atom. The second-order valence-corrected chi connectivity index (χ2v) is 6.63. The molecule has 0 unspecified atom stereocenters. The smallest absolute Gasteiger partial charge is 0.193 e. The third-order valence-electron chi connectivity index (χ3n) is 3.63. The van der Waals surface area contributed by atoms with E-state index in [-0.39, 0.29) is 0 Å². The summed E-state index contributed by atoms with van der Waals surface area (Å²) in [5.41, 5.74) is 3.92. The van der Waals surface area contributed by atoms with Crippen molar-refractivity contribution >= 4 is 40.0 Å². The zero-order valence-electron chi connectivity index (χ0n) is 12.4. The summed E-state index contributed by atoms with van der Waals surface area (Å²) in [5.74, 6) is 1.65. The number of para-hydroxylation sites is 2. The first-order chi connectivity index (χ1) is 11.2. The summed E-state index contributed by atoms with van der Waals surface area (Å²) < 4.78 is 2.06. The molecule has 0 amide bonds. The molecule has 4 nitrogen and oxygen atoms in total. The molecule has 0 N–H and O–H groups in total. The van der Waals surface area contributed by atoms with Gasteiger partial charge in [0.05, 0.1) is 11.0 Å². The van der Waals surface area contributed by atoms with E-state index in [4.69, 9.17) is 16.6 Å². The highest BCUT2D eigenvalue weighted by atomic mass is 35.5. The van der Waals surface area contributed by atoms with Crippen LogP contribution >= 0.6 is 23.4 Å².